The third-order valence-electron chi connectivity index (χ3n) is 6.64. The number of hydrogen-bond acceptors (Lipinski definition) is 4. The van der Waals surface area contributed by atoms with Gasteiger partial charge in [-0.15, -0.1) is 0 Å². The van der Waals surface area contributed by atoms with Crippen LogP contribution in [0, 0.1) is 19.8 Å². The number of ether oxygens (including phenoxy) is 1. The van der Waals surface area contributed by atoms with Crippen molar-refractivity contribution in [1.29, 1.82) is 0 Å². The molecule has 0 aromatic heterocycles. The summed E-state index contributed by atoms with van der Waals surface area (Å²) in [6.45, 7) is 15.2. The van der Waals surface area contributed by atoms with Gasteiger partial charge in [0.25, 0.3) is 0 Å². The first-order valence-corrected chi connectivity index (χ1v) is 13.5. The summed E-state index contributed by atoms with van der Waals surface area (Å²) in [5, 5.41) is 5.86. The zero-order chi connectivity index (χ0) is 28.2. The first-order valence-electron chi connectivity index (χ1n) is 13.5. The van der Waals surface area contributed by atoms with Crippen LogP contribution in [0.15, 0.2) is 48.5 Å². The molecule has 3 rings (SSSR count). The standard InChI is InChI=1S/C31H43N3O4/c1-19(2)32-28(35)27(24-16-20(3)14-15-21(24)4)34(26-17-22(26)5)29(36)25(18-23-12-10-9-11-13-23)33-30(37)38-31(6,7)8/h9-16,19,22,25-27H,17-18H2,1-8H3,(H,32,35)(H,33,37). The molecular weight excluding hydrogens is 478 g/mol. The molecule has 0 heterocycles. The van der Waals surface area contributed by atoms with Crippen molar-refractivity contribution < 1.29 is 19.1 Å². The van der Waals surface area contributed by atoms with Gasteiger partial charge in [0.1, 0.15) is 17.7 Å². The number of hydrogen-bond donors (Lipinski definition) is 2. The minimum Gasteiger partial charge on any atom is -0.444 e. The highest BCUT2D eigenvalue weighted by Gasteiger charge is 2.48. The summed E-state index contributed by atoms with van der Waals surface area (Å²) in [4.78, 5) is 42.8. The monoisotopic (exact) mass is 521 g/mol. The molecule has 1 aliphatic rings. The minimum absolute atomic E-state index is 0.0938. The lowest BCUT2D eigenvalue weighted by atomic mass is 9.95. The molecule has 7 heteroatoms. The molecule has 0 spiro atoms. The van der Waals surface area contributed by atoms with Gasteiger partial charge in [-0.25, -0.2) is 4.79 Å². The van der Waals surface area contributed by atoms with E-state index >= 15 is 0 Å². The van der Waals surface area contributed by atoms with Crippen molar-refractivity contribution in [3.05, 3.63) is 70.8 Å². The number of amides is 3. The number of benzene rings is 2. The van der Waals surface area contributed by atoms with Gasteiger partial charge in [-0.05, 0) is 77.5 Å². The fraction of sp³-hybridized carbons (Fsp3) is 0.516. The molecule has 1 aliphatic carbocycles. The Balaban J connectivity index is 2.07. The molecule has 7 nitrogen and oxygen atoms in total. The van der Waals surface area contributed by atoms with E-state index in [4.69, 9.17) is 4.74 Å². The number of carbonyl (C=O) groups excluding carboxylic acids is 3. The van der Waals surface area contributed by atoms with Crippen LogP contribution in [0.25, 0.3) is 0 Å². The van der Waals surface area contributed by atoms with E-state index in [-0.39, 0.29) is 36.2 Å². The molecule has 4 unspecified atom stereocenters. The van der Waals surface area contributed by atoms with Crippen molar-refractivity contribution >= 4 is 17.9 Å². The molecule has 2 aromatic carbocycles. The summed E-state index contributed by atoms with van der Waals surface area (Å²) in [5.74, 6) is -0.270. The van der Waals surface area contributed by atoms with Gasteiger partial charge in [0.05, 0.1) is 0 Å². The molecule has 0 radical (unpaired) electrons. The van der Waals surface area contributed by atoms with E-state index in [2.05, 4.69) is 17.6 Å². The van der Waals surface area contributed by atoms with Crippen LogP contribution in [0.3, 0.4) is 0 Å². The van der Waals surface area contributed by atoms with Crippen LogP contribution < -0.4 is 10.6 Å². The van der Waals surface area contributed by atoms with Gasteiger partial charge in [-0.3, -0.25) is 9.59 Å². The fourth-order valence-corrected chi connectivity index (χ4v) is 4.69. The number of carbonyl (C=O) groups is 3. The number of nitrogens with zero attached hydrogens (tertiary/aromatic N) is 1. The molecule has 38 heavy (non-hydrogen) atoms. The Morgan fingerprint density at radius 2 is 1.66 bits per heavy atom. The molecule has 1 fully saturated rings. The van der Waals surface area contributed by atoms with Crippen LogP contribution in [0.2, 0.25) is 0 Å². The van der Waals surface area contributed by atoms with Crippen molar-refractivity contribution in [3.63, 3.8) is 0 Å². The maximum Gasteiger partial charge on any atom is 0.408 e. The molecule has 2 aromatic rings. The summed E-state index contributed by atoms with van der Waals surface area (Å²) in [6.07, 6.45) is 0.416. The Kier molecular flexibility index (Phi) is 9.23. The van der Waals surface area contributed by atoms with Crippen molar-refractivity contribution in [2.45, 2.75) is 98.0 Å². The summed E-state index contributed by atoms with van der Waals surface area (Å²) < 4.78 is 5.51. The quantitative estimate of drug-likeness (QED) is 0.472. The summed E-state index contributed by atoms with van der Waals surface area (Å²) in [6, 6.07) is 13.6. The zero-order valence-electron chi connectivity index (χ0n) is 24.0. The lowest BCUT2D eigenvalue weighted by Gasteiger charge is -2.36. The van der Waals surface area contributed by atoms with E-state index in [1.807, 2.05) is 76.2 Å². The van der Waals surface area contributed by atoms with E-state index in [9.17, 15) is 14.4 Å². The van der Waals surface area contributed by atoms with Gasteiger partial charge in [-0.2, -0.15) is 0 Å². The number of aryl methyl sites for hydroxylation is 2. The van der Waals surface area contributed by atoms with Crippen molar-refractivity contribution in [3.8, 4) is 0 Å². The molecule has 3 amide bonds. The molecule has 0 aliphatic heterocycles. The molecule has 2 N–H and O–H groups in total. The smallest absolute Gasteiger partial charge is 0.408 e. The second-order valence-corrected chi connectivity index (χ2v) is 11.8. The summed E-state index contributed by atoms with van der Waals surface area (Å²) >= 11 is 0. The fourth-order valence-electron chi connectivity index (χ4n) is 4.69. The summed E-state index contributed by atoms with van der Waals surface area (Å²) in [5.41, 5.74) is 2.93. The van der Waals surface area contributed by atoms with E-state index in [0.717, 1.165) is 28.7 Å². The second-order valence-electron chi connectivity index (χ2n) is 11.8. The molecule has 4 atom stereocenters. The van der Waals surface area contributed by atoms with E-state index in [1.54, 1.807) is 25.7 Å². The molecule has 0 bridgehead atoms. The van der Waals surface area contributed by atoms with Crippen molar-refractivity contribution in [1.82, 2.24) is 15.5 Å². The topological polar surface area (TPSA) is 87.7 Å². The average molecular weight is 522 g/mol. The summed E-state index contributed by atoms with van der Waals surface area (Å²) in [7, 11) is 0. The first kappa shape index (κ1) is 29.2. The molecule has 1 saturated carbocycles. The van der Waals surface area contributed by atoms with Crippen LogP contribution in [-0.2, 0) is 20.7 Å². The number of nitrogens with one attached hydrogen (secondary N) is 2. The lowest BCUT2D eigenvalue weighted by Crippen LogP contribution is -2.55. The number of rotatable bonds is 9. The van der Waals surface area contributed by atoms with Crippen molar-refractivity contribution in [2.24, 2.45) is 5.92 Å². The largest absolute Gasteiger partial charge is 0.444 e. The Morgan fingerprint density at radius 3 is 2.21 bits per heavy atom. The van der Waals surface area contributed by atoms with Crippen LogP contribution in [0.1, 0.15) is 76.3 Å². The predicted molar refractivity (Wildman–Crippen MR) is 150 cm³/mol. The lowest BCUT2D eigenvalue weighted by molar-refractivity contribution is -0.143. The second kappa shape index (κ2) is 12.0. The normalized spacial score (nSPS) is 18.3. The third kappa shape index (κ3) is 7.83. The average Bonchev–Trinajstić information content (AvgIpc) is 3.53. The van der Waals surface area contributed by atoms with Gasteiger partial charge in [0.2, 0.25) is 11.8 Å². The maximum atomic E-state index is 14.5. The van der Waals surface area contributed by atoms with Gasteiger partial charge in [0, 0.05) is 18.5 Å². The van der Waals surface area contributed by atoms with E-state index < -0.39 is 23.8 Å². The Morgan fingerprint density at radius 1 is 1.03 bits per heavy atom. The molecule has 206 valence electrons. The molecular formula is C31H43N3O4. The predicted octanol–water partition coefficient (Wildman–Crippen LogP) is 5.24. The van der Waals surface area contributed by atoms with E-state index in [0.29, 0.717) is 0 Å². The van der Waals surface area contributed by atoms with E-state index in [1.165, 1.54) is 0 Å². The highest BCUT2D eigenvalue weighted by molar-refractivity contribution is 5.93. The maximum absolute atomic E-state index is 14.5. The first-order chi connectivity index (χ1) is 17.8. The zero-order valence-corrected chi connectivity index (χ0v) is 24.0. The Hall–Kier alpha value is -3.35. The van der Waals surface area contributed by atoms with Crippen LogP contribution >= 0.6 is 0 Å². The van der Waals surface area contributed by atoms with Gasteiger partial charge in [-0.1, -0.05) is 61.0 Å². The minimum atomic E-state index is -0.903. The van der Waals surface area contributed by atoms with Crippen LogP contribution in [0.5, 0.6) is 0 Å². The van der Waals surface area contributed by atoms with Gasteiger partial charge in [0.15, 0.2) is 0 Å². The van der Waals surface area contributed by atoms with Crippen LogP contribution in [-0.4, -0.2) is 46.5 Å². The number of alkyl carbamates (subject to hydrolysis) is 1. The van der Waals surface area contributed by atoms with Gasteiger partial charge >= 0.3 is 6.09 Å². The SMILES string of the molecule is Cc1ccc(C)c(C(C(=O)NC(C)C)N(C(=O)C(Cc2ccccc2)NC(=O)OC(C)(C)C)C2CC2C)c1. The highest BCUT2D eigenvalue weighted by Crippen LogP contribution is 2.41. The Bertz CT molecular complexity index is 1140. The van der Waals surface area contributed by atoms with Crippen molar-refractivity contribution in [2.75, 3.05) is 0 Å². The Labute approximate surface area is 227 Å². The van der Waals surface area contributed by atoms with Gasteiger partial charge < -0.3 is 20.3 Å². The van der Waals surface area contributed by atoms with Crippen LogP contribution in [0.4, 0.5) is 4.79 Å². The third-order valence-corrected chi connectivity index (χ3v) is 6.64. The highest BCUT2D eigenvalue weighted by atomic mass is 16.6. The molecule has 0 saturated heterocycles.